The summed E-state index contributed by atoms with van der Waals surface area (Å²) in [5.74, 6) is -0.312. The molecule has 1 unspecified atom stereocenters. The SMILES string of the molecule is COC(=O)c1ccc(CC2(O)CCNC2)s1. The first kappa shape index (κ1) is 11.6. The number of hydrogen-bond donors (Lipinski definition) is 2. The number of aliphatic hydroxyl groups is 1. The monoisotopic (exact) mass is 241 g/mol. The molecule has 88 valence electrons. The van der Waals surface area contributed by atoms with Gasteiger partial charge in [-0.1, -0.05) is 0 Å². The number of nitrogens with one attached hydrogen (secondary N) is 1. The molecule has 0 amide bonds. The number of carbonyl (C=O) groups is 1. The Morgan fingerprint density at radius 3 is 3.12 bits per heavy atom. The van der Waals surface area contributed by atoms with Crippen LogP contribution in [-0.4, -0.2) is 36.9 Å². The summed E-state index contributed by atoms with van der Waals surface area (Å²) >= 11 is 1.39. The molecule has 16 heavy (non-hydrogen) atoms. The highest BCUT2D eigenvalue weighted by molar-refractivity contribution is 7.13. The maximum absolute atomic E-state index is 11.3. The van der Waals surface area contributed by atoms with E-state index >= 15 is 0 Å². The van der Waals surface area contributed by atoms with Crippen molar-refractivity contribution in [3.05, 3.63) is 21.9 Å². The molecule has 1 saturated heterocycles. The lowest BCUT2D eigenvalue weighted by Crippen LogP contribution is -2.33. The van der Waals surface area contributed by atoms with E-state index in [-0.39, 0.29) is 5.97 Å². The van der Waals surface area contributed by atoms with Gasteiger partial charge in [-0.3, -0.25) is 0 Å². The Labute approximate surface area is 98.2 Å². The summed E-state index contributed by atoms with van der Waals surface area (Å²) in [7, 11) is 1.37. The molecule has 0 aromatic carbocycles. The molecule has 1 aromatic rings. The molecule has 0 radical (unpaired) electrons. The highest BCUT2D eigenvalue weighted by Crippen LogP contribution is 2.25. The lowest BCUT2D eigenvalue weighted by molar-refractivity contribution is 0.0603. The van der Waals surface area contributed by atoms with Crippen LogP contribution in [0.25, 0.3) is 0 Å². The highest BCUT2D eigenvalue weighted by atomic mass is 32.1. The Kier molecular flexibility index (Phi) is 3.28. The van der Waals surface area contributed by atoms with Crippen LogP contribution in [0.15, 0.2) is 12.1 Å². The van der Waals surface area contributed by atoms with E-state index in [1.54, 1.807) is 6.07 Å². The second-order valence-electron chi connectivity index (χ2n) is 4.09. The summed E-state index contributed by atoms with van der Waals surface area (Å²) in [5.41, 5.74) is -0.655. The molecule has 2 heterocycles. The molecule has 0 bridgehead atoms. The molecule has 0 saturated carbocycles. The zero-order valence-corrected chi connectivity index (χ0v) is 9.97. The van der Waals surface area contributed by atoms with Crippen molar-refractivity contribution in [2.45, 2.75) is 18.4 Å². The number of β-amino-alcohol motifs (C(OH)–C–C–N with tert-alkyl or cyclic N) is 1. The van der Waals surface area contributed by atoms with Gasteiger partial charge in [0.05, 0.1) is 12.7 Å². The molecule has 5 heteroatoms. The van der Waals surface area contributed by atoms with E-state index in [2.05, 4.69) is 10.1 Å². The Bertz CT molecular complexity index is 382. The van der Waals surface area contributed by atoms with Crippen molar-refractivity contribution in [1.29, 1.82) is 0 Å². The van der Waals surface area contributed by atoms with E-state index in [0.717, 1.165) is 17.8 Å². The van der Waals surface area contributed by atoms with Crippen LogP contribution < -0.4 is 5.32 Å². The van der Waals surface area contributed by atoms with Crippen LogP contribution in [0.4, 0.5) is 0 Å². The maximum Gasteiger partial charge on any atom is 0.348 e. The highest BCUT2D eigenvalue weighted by Gasteiger charge is 2.31. The zero-order chi connectivity index (χ0) is 11.6. The Balaban J connectivity index is 2.05. The quantitative estimate of drug-likeness (QED) is 0.769. The fraction of sp³-hybridized carbons (Fsp3) is 0.545. The first-order chi connectivity index (χ1) is 7.63. The minimum atomic E-state index is -0.655. The molecule has 2 N–H and O–H groups in total. The van der Waals surface area contributed by atoms with E-state index in [4.69, 9.17) is 0 Å². The van der Waals surface area contributed by atoms with Gasteiger partial charge in [0.1, 0.15) is 4.88 Å². The second kappa shape index (κ2) is 4.53. The molecule has 0 spiro atoms. The third-order valence-electron chi connectivity index (χ3n) is 2.77. The van der Waals surface area contributed by atoms with Crippen molar-refractivity contribution in [2.24, 2.45) is 0 Å². The number of carbonyl (C=O) groups excluding carboxylic acids is 1. The van der Waals surface area contributed by atoms with Crippen molar-refractivity contribution >= 4 is 17.3 Å². The number of thiophene rings is 1. The molecule has 1 aliphatic rings. The largest absolute Gasteiger partial charge is 0.465 e. The van der Waals surface area contributed by atoms with Gasteiger partial charge in [-0.2, -0.15) is 0 Å². The first-order valence-corrected chi connectivity index (χ1v) is 6.05. The lowest BCUT2D eigenvalue weighted by Gasteiger charge is -2.19. The summed E-state index contributed by atoms with van der Waals surface area (Å²) in [5, 5.41) is 13.3. The van der Waals surface area contributed by atoms with Crippen molar-refractivity contribution in [3.63, 3.8) is 0 Å². The summed E-state index contributed by atoms with van der Waals surface area (Å²) < 4.78 is 4.64. The third-order valence-corrected chi connectivity index (χ3v) is 3.84. The molecule has 2 rings (SSSR count). The third kappa shape index (κ3) is 2.42. The summed E-state index contributed by atoms with van der Waals surface area (Å²) in [6.45, 7) is 1.48. The van der Waals surface area contributed by atoms with Gasteiger partial charge >= 0.3 is 5.97 Å². The maximum atomic E-state index is 11.3. The number of rotatable bonds is 3. The normalized spacial score (nSPS) is 24.6. The average Bonchev–Trinajstić information content (AvgIpc) is 2.87. The Morgan fingerprint density at radius 1 is 1.69 bits per heavy atom. The van der Waals surface area contributed by atoms with Gasteiger partial charge in [0, 0.05) is 17.8 Å². The van der Waals surface area contributed by atoms with Crippen molar-refractivity contribution in [3.8, 4) is 0 Å². The second-order valence-corrected chi connectivity index (χ2v) is 5.25. The number of esters is 1. The standard InChI is InChI=1S/C11H15NO3S/c1-15-10(13)9-3-2-8(16-9)6-11(14)4-5-12-7-11/h2-3,12,14H,4-7H2,1H3. The van der Waals surface area contributed by atoms with E-state index in [1.165, 1.54) is 18.4 Å². The van der Waals surface area contributed by atoms with Crippen LogP contribution in [0.3, 0.4) is 0 Å². The molecule has 4 nitrogen and oxygen atoms in total. The topological polar surface area (TPSA) is 58.6 Å². The van der Waals surface area contributed by atoms with E-state index in [1.807, 2.05) is 6.07 Å². The fourth-order valence-corrected chi connectivity index (χ4v) is 2.95. The molecular weight excluding hydrogens is 226 g/mol. The lowest BCUT2D eigenvalue weighted by atomic mass is 9.98. The number of ether oxygens (including phenoxy) is 1. The molecular formula is C11H15NO3S. The van der Waals surface area contributed by atoms with E-state index in [9.17, 15) is 9.90 Å². The molecule has 1 atom stereocenters. The Morgan fingerprint density at radius 2 is 2.50 bits per heavy atom. The van der Waals surface area contributed by atoms with Gasteiger partial charge in [-0.05, 0) is 25.1 Å². The van der Waals surface area contributed by atoms with Crippen molar-refractivity contribution in [2.75, 3.05) is 20.2 Å². The van der Waals surface area contributed by atoms with Gasteiger partial charge in [0.2, 0.25) is 0 Å². The predicted octanol–water partition coefficient (Wildman–Crippen LogP) is 0.802. The van der Waals surface area contributed by atoms with Gasteiger partial charge < -0.3 is 15.2 Å². The number of hydrogen-bond acceptors (Lipinski definition) is 5. The van der Waals surface area contributed by atoms with Crippen LogP contribution in [0.2, 0.25) is 0 Å². The fourth-order valence-electron chi connectivity index (χ4n) is 1.89. The van der Waals surface area contributed by atoms with Gasteiger partial charge in [0.15, 0.2) is 0 Å². The molecule has 1 aliphatic heterocycles. The molecule has 1 aromatic heterocycles. The predicted molar refractivity (Wildman–Crippen MR) is 61.8 cm³/mol. The van der Waals surface area contributed by atoms with Crippen molar-refractivity contribution in [1.82, 2.24) is 5.32 Å². The van der Waals surface area contributed by atoms with Crippen LogP contribution >= 0.6 is 11.3 Å². The van der Waals surface area contributed by atoms with E-state index < -0.39 is 5.60 Å². The summed E-state index contributed by atoms with van der Waals surface area (Å²) in [4.78, 5) is 12.9. The van der Waals surface area contributed by atoms with Gasteiger partial charge in [-0.15, -0.1) is 11.3 Å². The van der Waals surface area contributed by atoms with E-state index in [0.29, 0.717) is 17.8 Å². The first-order valence-electron chi connectivity index (χ1n) is 5.23. The smallest absolute Gasteiger partial charge is 0.348 e. The zero-order valence-electron chi connectivity index (χ0n) is 9.16. The van der Waals surface area contributed by atoms with Crippen LogP contribution in [0, 0.1) is 0 Å². The molecule has 1 fully saturated rings. The Hall–Kier alpha value is -0.910. The minimum Gasteiger partial charge on any atom is -0.465 e. The summed E-state index contributed by atoms with van der Waals surface area (Å²) in [6.07, 6.45) is 1.36. The van der Waals surface area contributed by atoms with Crippen LogP contribution in [-0.2, 0) is 11.2 Å². The van der Waals surface area contributed by atoms with Gasteiger partial charge in [0.25, 0.3) is 0 Å². The van der Waals surface area contributed by atoms with Crippen molar-refractivity contribution < 1.29 is 14.6 Å². The van der Waals surface area contributed by atoms with Gasteiger partial charge in [-0.25, -0.2) is 4.79 Å². The summed E-state index contributed by atoms with van der Waals surface area (Å²) in [6, 6.07) is 3.63. The molecule has 0 aliphatic carbocycles. The average molecular weight is 241 g/mol. The number of methoxy groups -OCH3 is 1. The van der Waals surface area contributed by atoms with Crippen LogP contribution in [0.5, 0.6) is 0 Å². The van der Waals surface area contributed by atoms with Crippen LogP contribution in [0.1, 0.15) is 21.0 Å². The minimum absolute atomic E-state index is 0.312.